The van der Waals surface area contributed by atoms with Gasteiger partial charge in [0.25, 0.3) is 0 Å². The van der Waals surface area contributed by atoms with Gasteiger partial charge in [-0.15, -0.1) is 0 Å². The SMILES string of the molecule is CCC(=O)c1ccc(OCc2ccccc2)cc1N. The molecule has 0 heterocycles. The second-order valence-electron chi connectivity index (χ2n) is 4.30. The fourth-order valence-electron chi connectivity index (χ4n) is 1.82. The maximum Gasteiger partial charge on any atom is 0.164 e. The number of hydrogen-bond acceptors (Lipinski definition) is 3. The Morgan fingerprint density at radius 3 is 2.53 bits per heavy atom. The summed E-state index contributed by atoms with van der Waals surface area (Å²) in [7, 11) is 0. The molecule has 0 unspecified atom stereocenters. The van der Waals surface area contributed by atoms with Crippen LogP contribution in [0.25, 0.3) is 0 Å². The Kier molecular flexibility index (Phi) is 4.18. The van der Waals surface area contributed by atoms with Crippen molar-refractivity contribution in [1.82, 2.24) is 0 Å². The standard InChI is InChI=1S/C16H17NO2/c1-2-16(18)14-9-8-13(10-15(14)17)19-11-12-6-4-3-5-7-12/h3-10H,2,11,17H2,1H3. The minimum Gasteiger partial charge on any atom is -0.489 e. The van der Waals surface area contributed by atoms with Gasteiger partial charge in [0.2, 0.25) is 0 Å². The average Bonchev–Trinajstić information content (AvgIpc) is 2.45. The van der Waals surface area contributed by atoms with E-state index in [1.54, 1.807) is 18.2 Å². The lowest BCUT2D eigenvalue weighted by atomic mass is 10.1. The van der Waals surface area contributed by atoms with E-state index in [1.165, 1.54) is 0 Å². The minimum absolute atomic E-state index is 0.0482. The highest BCUT2D eigenvalue weighted by molar-refractivity contribution is 6.00. The number of ketones is 1. The first-order valence-corrected chi connectivity index (χ1v) is 6.30. The summed E-state index contributed by atoms with van der Waals surface area (Å²) in [6.45, 7) is 2.31. The molecule has 0 aliphatic rings. The summed E-state index contributed by atoms with van der Waals surface area (Å²) in [6.07, 6.45) is 0.453. The minimum atomic E-state index is 0.0482. The van der Waals surface area contributed by atoms with E-state index in [0.29, 0.717) is 30.0 Å². The van der Waals surface area contributed by atoms with Crippen molar-refractivity contribution in [3.05, 3.63) is 59.7 Å². The molecule has 2 rings (SSSR count). The van der Waals surface area contributed by atoms with Crippen LogP contribution in [0.1, 0.15) is 29.3 Å². The summed E-state index contributed by atoms with van der Waals surface area (Å²) >= 11 is 0. The van der Waals surface area contributed by atoms with Crippen LogP contribution >= 0.6 is 0 Å². The van der Waals surface area contributed by atoms with Gasteiger partial charge in [0.1, 0.15) is 12.4 Å². The van der Waals surface area contributed by atoms with Crippen molar-refractivity contribution >= 4 is 11.5 Å². The molecule has 0 aliphatic heterocycles. The maximum absolute atomic E-state index is 11.6. The Bertz CT molecular complexity index is 564. The molecule has 0 bridgehead atoms. The molecule has 0 aromatic heterocycles. The molecule has 19 heavy (non-hydrogen) atoms. The molecule has 0 atom stereocenters. The molecule has 0 aliphatic carbocycles. The third-order valence-electron chi connectivity index (χ3n) is 2.89. The van der Waals surface area contributed by atoms with Gasteiger partial charge in [0.05, 0.1) is 0 Å². The van der Waals surface area contributed by atoms with E-state index in [2.05, 4.69) is 0 Å². The zero-order chi connectivity index (χ0) is 13.7. The maximum atomic E-state index is 11.6. The normalized spacial score (nSPS) is 10.2. The van der Waals surface area contributed by atoms with Gasteiger partial charge >= 0.3 is 0 Å². The monoisotopic (exact) mass is 255 g/mol. The van der Waals surface area contributed by atoms with Gasteiger partial charge < -0.3 is 10.5 Å². The number of rotatable bonds is 5. The second-order valence-corrected chi connectivity index (χ2v) is 4.30. The molecule has 3 heteroatoms. The molecular weight excluding hydrogens is 238 g/mol. The fraction of sp³-hybridized carbons (Fsp3) is 0.188. The Hall–Kier alpha value is -2.29. The van der Waals surface area contributed by atoms with Gasteiger partial charge in [-0.3, -0.25) is 4.79 Å². The van der Waals surface area contributed by atoms with Crippen LogP contribution in [0.2, 0.25) is 0 Å². The van der Waals surface area contributed by atoms with E-state index >= 15 is 0 Å². The largest absolute Gasteiger partial charge is 0.489 e. The Labute approximate surface area is 113 Å². The number of carbonyl (C=O) groups excluding carboxylic acids is 1. The molecule has 2 aromatic rings. The molecule has 0 fully saturated rings. The van der Waals surface area contributed by atoms with Gasteiger partial charge in [-0.2, -0.15) is 0 Å². The van der Waals surface area contributed by atoms with Gasteiger partial charge in [-0.05, 0) is 17.7 Å². The lowest BCUT2D eigenvalue weighted by Gasteiger charge is -2.09. The van der Waals surface area contributed by atoms with Crippen molar-refractivity contribution in [3.63, 3.8) is 0 Å². The lowest BCUT2D eigenvalue weighted by molar-refractivity contribution is 0.0989. The number of hydrogen-bond donors (Lipinski definition) is 1. The van der Waals surface area contributed by atoms with E-state index in [9.17, 15) is 4.79 Å². The van der Waals surface area contributed by atoms with Gasteiger partial charge in [0.15, 0.2) is 5.78 Å². The predicted molar refractivity (Wildman–Crippen MR) is 76.2 cm³/mol. The van der Waals surface area contributed by atoms with Crippen molar-refractivity contribution in [2.45, 2.75) is 20.0 Å². The Morgan fingerprint density at radius 1 is 1.16 bits per heavy atom. The van der Waals surface area contributed by atoms with Crippen LogP contribution in [0.5, 0.6) is 5.75 Å². The number of nitrogen functional groups attached to an aromatic ring is 1. The van der Waals surface area contributed by atoms with E-state index in [0.717, 1.165) is 5.56 Å². The summed E-state index contributed by atoms with van der Waals surface area (Å²) < 4.78 is 5.65. The summed E-state index contributed by atoms with van der Waals surface area (Å²) in [5, 5.41) is 0. The number of benzene rings is 2. The number of anilines is 1. The summed E-state index contributed by atoms with van der Waals surface area (Å²) in [5.41, 5.74) is 7.99. The quantitative estimate of drug-likeness (QED) is 0.657. The molecule has 98 valence electrons. The highest BCUT2D eigenvalue weighted by Crippen LogP contribution is 2.22. The topological polar surface area (TPSA) is 52.3 Å². The van der Waals surface area contributed by atoms with Gasteiger partial charge in [-0.1, -0.05) is 37.3 Å². The van der Waals surface area contributed by atoms with Crippen molar-refractivity contribution in [2.75, 3.05) is 5.73 Å². The van der Waals surface area contributed by atoms with Crippen LogP contribution in [0.3, 0.4) is 0 Å². The highest BCUT2D eigenvalue weighted by Gasteiger charge is 2.08. The van der Waals surface area contributed by atoms with E-state index in [1.807, 2.05) is 37.3 Å². The second kappa shape index (κ2) is 6.05. The van der Waals surface area contributed by atoms with Crippen LogP contribution in [-0.4, -0.2) is 5.78 Å². The molecule has 0 saturated carbocycles. The third kappa shape index (κ3) is 3.35. The Morgan fingerprint density at radius 2 is 1.89 bits per heavy atom. The van der Waals surface area contributed by atoms with E-state index < -0.39 is 0 Å². The van der Waals surface area contributed by atoms with Crippen LogP contribution < -0.4 is 10.5 Å². The van der Waals surface area contributed by atoms with Gasteiger partial charge in [-0.25, -0.2) is 0 Å². The predicted octanol–water partition coefficient (Wildman–Crippen LogP) is 3.44. The van der Waals surface area contributed by atoms with E-state index in [-0.39, 0.29) is 5.78 Å². The first kappa shape index (κ1) is 13.1. The van der Waals surface area contributed by atoms with Crippen LogP contribution in [0, 0.1) is 0 Å². The van der Waals surface area contributed by atoms with Crippen LogP contribution in [0.4, 0.5) is 5.69 Å². The highest BCUT2D eigenvalue weighted by atomic mass is 16.5. The molecule has 0 spiro atoms. The Balaban J connectivity index is 2.06. The molecule has 0 amide bonds. The lowest BCUT2D eigenvalue weighted by Crippen LogP contribution is -2.03. The third-order valence-corrected chi connectivity index (χ3v) is 2.89. The van der Waals surface area contributed by atoms with E-state index in [4.69, 9.17) is 10.5 Å². The van der Waals surface area contributed by atoms with Gasteiger partial charge in [0, 0.05) is 23.7 Å². The van der Waals surface area contributed by atoms with Crippen LogP contribution in [-0.2, 0) is 6.61 Å². The zero-order valence-electron chi connectivity index (χ0n) is 10.9. The fourth-order valence-corrected chi connectivity index (χ4v) is 1.82. The van der Waals surface area contributed by atoms with Crippen LogP contribution in [0.15, 0.2) is 48.5 Å². The molecule has 0 radical (unpaired) electrons. The number of Topliss-reactive ketones (excluding diaryl/α,β-unsaturated/α-hetero) is 1. The first-order chi connectivity index (χ1) is 9.20. The average molecular weight is 255 g/mol. The summed E-state index contributed by atoms with van der Waals surface area (Å²) in [5.74, 6) is 0.723. The number of carbonyl (C=O) groups is 1. The summed E-state index contributed by atoms with van der Waals surface area (Å²) in [4.78, 5) is 11.6. The van der Waals surface area contributed by atoms with Crippen molar-refractivity contribution in [1.29, 1.82) is 0 Å². The number of nitrogens with two attached hydrogens (primary N) is 1. The van der Waals surface area contributed by atoms with Crippen molar-refractivity contribution in [2.24, 2.45) is 0 Å². The molecular formula is C16H17NO2. The first-order valence-electron chi connectivity index (χ1n) is 6.30. The summed E-state index contributed by atoms with van der Waals surface area (Å²) in [6, 6.07) is 15.1. The molecule has 2 aromatic carbocycles. The molecule has 0 saturated heterocycles. The van der Waals surface area contributed by atoms with Crippen molar-refractivity contribution < 1.29 is 9.53 Å². The molecule has 3 nitrogen and oxygen atoms in total. The smallest absolute Gasteiger partial charge is 0.164 e. The molecule has 2 N–H and O–H groups in total. The number of ether oxygens (including phenoxy) is 1. The van der Waals surface area contributed by atoms with Crippen molar-refractivity contribution in [3.8, 4) is 5.75 Å². The zero-order valence-corrected chi connectivity index (χ0v) is 10.9.